The van der Waals surface area contributed by atoms with Crippen LogP contribution >= 0.6 is 0 Å². The minimum atomic E-state index is -0.859. The molecule has 2 aromatic carbocycles. The highest BCUT2D eigenvalue weighted by molar-refractivity contribution is 5.88. The van der Waals surface area contributed by atoms with Gasteiger partial charge < -0.3 is 20.5 Å². The quantitative estimate of drug-likeness (QED) is 0.677. The zero-order valence-corrected chi connectivity index (χ0v) is 17.0. The van der Waals surface area contributed by atoms with Crippen molar-refractivity contribution in [2.24, 2.45) is 5.92 Å². The molecule has 3 rings (SSSR count). The number of carbonyl (C=O) groups is 2. The van der Waals surface area contributed by atoms with Crippen LogP contribution in [0, 0.1) is 5.92 Å². The van der Waals surface area contributed by atoms with E-state index in [4.69, 9.17) is 4.74 Å². The smallest absolute Gasteiger partial charge is 0.333 e. The summed E-state index contributed by atoms with van der Waals surface area (Å²) < 4.78 is 4.89. The Morgan fingerprint density at radius 3 is 2.59 bits per heavy atom. The van der Waals surface area contributed by atoms with Gasteiger partial charge >= 0.3 is 5.97 Å². The second-order valence-electron chi connectivity index (χ2n) is 7.91. The monoisotopic (exact) mass is 396 g/mol. The molecule has 154 valence electrons. The fourth-order valence-electron chi connectivity index (χ4n) is 3.98. The average Bonchev–Trinajstić information content (AvgIpc) is 2.74. The van der Waals surface area contributed by atoms with Gasteiger partial charge in [-0.3, -0.25) is 4.79 Å². The van der Waals surface area contributed by atoms with E-state index in [0.29, 0.717) is 18.5 Å². The minimum Gasteiger partial charge on any atom is -0.508 e. The third-order valence-electron chi connectivity index (χ3n) is 6.06. The van der Waals surface area contributed by atoms with E-state index in [2.05, 4.69) is 24.5 Å². The van der Waals surface area contributed by atoms with Crippen LogP contribution in [0.25, 0.3) is 0 Å². The molecule has 2 aromatic rings. The maximum absolute atomic E-state index is 13.1. The molecule has 0 unspecified atom stereocenters. The van der Waals surface area contributed by atoms with Crippen molar-refractivity contribution in [3.63, 3.8) is 0 Å². The lowest BCUT2D eigenvalue weighted by Crippen LogP contribution is -2.57. The first-order chi connectivity index (χ1) is 13.8. The Morgan fingerprint density at radius 1 is 1.21 bits per heavy atom. The molecule has 1 fully saturated rings. The highest BCUT2D eigenvalue weighted by atomic mass is 16.5. The van der Waals surface area contributed by atoms with Crippen LogP contribution in [-0.4, -0.2) is 36.7 Å². The van der Waals surface area contributed by atoms with Gasteiger partial charge in [0.25, 0.3) is 0 Å². The summed E-state index contributed by atoms with van der Waals surface area (Å²) in [4.78, 5) is 25.3. The number of phenolic OH excluding ortho intramolecular Hbond substituents is 1. The molecule has 0 aromatic heterocycles. The van der Waals surface area contributed by atoms with Gasteiger partial charge in [-0.05, 0) is 47.6 Å². The molecule has 1 aliphatic rings. The summed E-state index contributed by atoms with van der Waals surface area (Å²) in [5.41, 5.74) is 1.38. The Kier molecular flexibility index (Phi) is 6.23. The van der Waals surface area contributed by atoms with E-state index < -0.39 is 18.1 Å². The van der Waals surface area contributed by atoms with Crippen molar-refractivity contribution in [1.82, 2.24) is 10.6 Å². The molecule has 1 saturated heterocycles. The molecule has 6 nitrogen and oxygen atoms in total. The molecule has 0 spiro atoms. The van der Waals surface area contributed by atoms with Crippen molar-refractivity contribution in [3.8, 4) is 5.75 Å². The molecule has 0 saturated carbocycles. The number of hydrogen-bond donors (Lipinski definition) is 3. The number of carbonyl (C=O) groups excluding carboxylic acids is 2. The van der Waals surface area contributed by atoms with Gasteiger partial charge in [0.2, 0.25) is 5.91 Å². The topological polar surface area (TPSA) is 87.7 Å². The fraction of sp³-hybridized carbons (Fsp3) is 0.391. The number of hydrogen-bond acceptors (Lipinski definition) is 5. The number of methoxy groups -OCH3 is 1. The van der Waals surface area contributed by atoms with Crippen molar-refractivity contribution in [2.75, 3.05) is 13.7 Å². The van der Waals surface area contributed by atoms with Gasteiger partial charge in [-0.1, -0.05) is 56.3 Å². The number of esters is 1. The predicted octanol–water partition coefficient (Wildman–Crippen LogP) is 2.68. The summed E-state index contributed by atoms with van der Waals surface area (Å²) in [5, 5.41) is 16.0. The normalized spacial score (nSPS) is 25.1. The van der Waals surface area contributed by atoms with Crippen molar-refractivity contribution >= 4 is 11.9 Å². The predicted molar refractivity (Wildman–Crippen MR) is 110 cm³/mol. The van der Waals surface area contributed by atoms with Crippen LogP contribution in [0.2, 0.25) is 0 Å². The minimum absolute atomic E-state index is 0.213. The van der Waals surface area contributed by atoms with E-state index in [1.807, 2.05) is 30.3 Å². The van der Waals surface area contributed by atoms with Crippen LogP contribution in [0.15, 0.2) is 54.6 Å². The summed E-state index contributed by atoms with van der Waals surface area (Å²) in [7, 11) is 1.31. The third kappa shape index (κ3) is 4.43. The third-order valence-corrected chi connectivity index (χ3v) is 6.06. The number of nitrogens with one attached hydrogen (secondary N) is 2. The van der Waals surface area contributed by atoms with Crippen molar-refractivity contribution in [1.29, 1.82) is 0 Å². The first-order valence-corrected chi connectivity index (χ1v) is 9.81. The Hall–Kier alpha value is -2.86. The average molecular weight is 396 g/mol. The summed E-state index contributed by atoms with van der Waals surface area (Å²) in [6.07, 6.45) is 0.548. The van der Waals surface area contributed by atoms with E-state index in [1.165, 1.54) is 7.11 Å². The second-order valence-corrected chi connectivity index (χ2v) is 7.91. The molecule has 0 radical (unpaired) electrons. The molecule has 0 bridgehead atoms. The molecule has 1 heterocycles. The lowest BCUT2D eigenvalue weighted by Gasteiger charge is -2.44. The molecule has 29 heavy (non-hydrogen) atoms. The van der Waals surface area contributed by atoms with Crippen molar-refractivity contribution in [3.05, 3.63) is 65.7 Å². The van der Waals surface area contributed by atoms with E-state index in [1.54, 1.807) is 24.3 Å². The lowest BCUT2D eigenvalue weighted by molar-refractivity contribution is -0.145. The molecule has 3 N–H and O–H groups in total. The molecule has 1 aliphatic heterocycles. The number of amides is 1. The summed E-state index contributed by atoms with van der Waals surface area (Å²) in [6, 6.07) is 14.9. The van der Waals surface area contributed by atoms with Crippen molar-refractivity contribution < 1.29 is 19.4 Å². The van der Waals surface area contributed by atoms with Crippen LogP contribution in [0.4, 0.5) is 0 Å². The van der Waals surface area contributed by atoms with Gasteiger partial charge in [-0.25, -0.2) is 4.79 Å². The highest BCUT2D eigenvalue weighted by Gasteiger charge is 2.42. The van der Waals surface area contributed by atoms with Gasteiger partial charge in [0.15, 0.2) is 6.04 Å². The molecular formula is C23H28N2O4. The number of aromatic hydroxyl groups is 1. The van der Waals surface area contributed by atoms with Crippen LogP contribution in [0.3, 0.4) is 0 Å². The standard InChI is InChI=1S/C23H28N2O4/c1-15-14-24-19(13-23(15,2)17-10-7-11-18(26)12-17)21(27)25-20(22(28)29-3)16-8-5-4-6-9-16/h4-12,15,19-20,24,26H,13-14H2,1-3H3,(H,25,27)/t15-,19+,20-,23+/m0/s1. The Morgan fingerprint density at radius 2 is 1.93 bits per heavy atom. The molecule has 1 amide bonds. The van der Waals surface area contributed by atoms with E-state index >= 15 is 0 Å². The summed E-state index contributed by atoms with van der Waals surface area (Å²) in [5.74, 6) is -0.281. The number of piperidine rings is 1. The second kappa shape index (κ2) is 8.66. The number of ether oxygens (including phenoxy) is 1. The van der Waals surface area contributed by atoms with Gasteiger partial charge in [-0.2, -0.15) is 0 Å². The van der Waals surface area contributed by atoms with Crippen molar-refractivity contribution in [2.45, 2.75) is 37.8 Å². The van der Waals surface area contributed by atoms with Gasteiger partial charge in [0.1, 0.15) is 5.75 Å². The molecular weight excluding hydrogens is 368 g/mol. The summed E-state index contributed by atoms with van der Waals surface area (Å²) >= 11 is 0. The Balaban J connectivity index is 1.80. The van der Waals surface area contributed by atoms with E-state index in [0.717, 1.165) is 5.56 Å². The maximum Gasteiger partial charge on any atom is 0.333 e. The van der Waals surface area contributed by atoms with Gasteiger partial charge in [0, 0.05) is 0 Å². The first kappa shape index (κ1) is 20.9. The Bertz CT molecular complexity index is 870. The highest BCUT2D eigenvalue weighted by Crippen LogP contribution is 2.40. The lowest BCUT2D eigenvalue weighted by atomic mass is 9.66. The van der Waals surface area contributed by atoms with Gasteiger partial charge in [0.05, 0.1) is 13.2 Å². The molecule has 6 heteroatoms. The number of rotatable bonds is 5. The van der Waals surface area contributed by atoms with Crippen LogP contribution < -0.4 is 10.6 Å². The SMILES string of the molecule is COC(=O)[C@@H](NC(=O)[C@H]1C[C@@](C)(c2cccc(O)c2)[C@@H](C)CN1)c1ccccc1. The largest absolute Gasteiger partial charge is 0.508 e. The molecule has 4 atom stereocenters. The maximum atomic E-state index is 13.1. The van der Waals surface area contributed by atoms with Crippen LogP contribution in [0.5, 0.6) is 5.75 Å². The first-order valence-electron chi connectivity index (χ1n) is 9.81. The number of benzene rings is 2. The summed E-state index contributed by atoms with van der Waals surface area (Å²) in [6.45, 7) is 4.90. The van der Waals surface area contributed by atoms with Crippen LogP contribution in [0.1, 0.15) is 37.4 Å². The molecule has 0 aliphatic carbocycles. The van der Waals surface area contributed by atoms with Crippen LogP contribution in [-0.2, 0) is 19.7 Å². The van der Waals surface area contributed by atoms with Gasteiger partial charge in [-0.15, -0.1) is 0 Å². The zero-order chi connectivity index (χ0) is 21.0. The zero-order valence-electron chi connectivity index (χ0n) is 17.0. The van der Waals surface area contributed by atoms with E-state index in [9.17, 15) is 14.7 Å². The fourth-order valence-corrected chi connectivity index (χ4v) is 3.98. The van der Waals surface area contributed by atoms with E-state index in [-0.39, 0.29) is 23.0 Å². The Labute approximate surface area is 171 Å². The number of phenols is 1.